The number of hydrogen-bond acceptors (Lipinski definition) is 2. The van der Waals surface area contributed by atoms with E-state index < -0.39 is 0 Å². The number of benzene rings is 1. The third-order valence-corrected chi connectivity index (χ3v) is 2.99. The minimum Gasteiger partial charge on any atom is -0.329 e. The highest BCUT2D eigenvalue weighted by Crippen LogP contribution is 2.36. The van der Waals surface area contributed by atoms with Crippen molar-refractivity contribution in [2.24, 2.45) is 5.73 Å². The lowest BCUT2D eigenvalue weighted by molar-refractivity contribution is 0.294. The Balaban J connectivity index is 1.78. The summed E-state index contributed by atoms with van der Waals surface area (Å²) in [6.07, 6.45) is 2.54. The molecule has 0 heterocycles. The van der Waals surface area contributed by atoms with Crippen LogP contribution >= 0.6 is 0 Å². The minimum atomic E-state index is 0.698. The molecule has 3 N–H and O–H groups in total. The van der Waals surface area contributed by atoms with E-state index in [2.05, 4.69) is 35.6 Å². The Bertz CT molecular complexity index is 265. The molecule has 0 atom stereocenters. The van der Waals surface area contributed by atoms with Crippen LogP contribution in [0.25, 0.3) is 0 Å². The van der Waals surface area contributed by atoms with Crippen LogP contribution in [-0.2, 0) is 0 Å². The van der Waals surface area contributed by atoms with Crippen LogP contribution < -0.4 is 11.1 Å². The molecule has 0 bridgehead atoms. The van der Waals surface area contributed by atoms with Crippen LogP contribution in [0.4, 0.5) is 0 Å². The molecule has 2 heteroatoms. The number of nitrogens with two attached hydrogens (primary N) is 1. The molecule has 76 valence electrons. The highest BCUT2D eigenvalue weighted by molar-refractivity contribution is 5.22. The van der Waals surface area contributed by atoms with Crippen LogP contribution in [0.2, 0.25) is 0 Å². The lowest BCUT2D eigenvalue weighted by atomic mass is 9.76. The van der Waals surface area contributed by atoms with Crippen molar-refractivity contribution in [1.82, 2.24) is 5.32 Å². The summed E-state index contributed by atoms with van der Waals surface area (Å²) in [6.45, 7) is 1.69. The second-order valence-corrected chi connectivity index (χ2v) is 4.02. The summed E-state index contributed by atoms with van der Waals surface area (Å²) in [4.78, 5) is 0. The van der Waals surface area contributed by atoms with E-state index in [4.69, 9.17) is 5.73 Å². The Labute approximate surface area is 85.5 Å². The van der Waals surface area contributed by atoms with E-state index in [0.29, 0.717) is 6.04 Å². The molecule has 1 saturated carbocycles. The Hall–Kier alpha value is -0.860. The zero-order valence-corrected chi connectivity index (χ0v) is 8.45. The number of hydrogen-bond donors (Lipinski definition) is 2. The van der Waals surface area contributed by atoms with E-state index in [9.17, 15) is 0 Å². The lowest BCUT2D eigenvalue weighted by Gasteiger charge is -2.36. The molecule has 1 aliphatic rings. The molecular formula is C12H18N2. The molecule has 14 heavy (non-hydrogen) atoms. The standard InChI is InChI=1S/C12H18N2/c13-6-7-14-12-8-11(9-12)10-4-2-1-3-5-10/h1-5,11-12,14H,6-9,13H2. The van der Waals surface area contributed by atoms with E-state index in [1.807, 2.05) is 0 Å². The van der Waals surface area contributed by atoms with Crippen LogP contribution in [0.1, 0.15) is 24.3 Å². The van der Waals surface area contributed by atoms with Gasteiger partial charge in [0.25, 0.3) is 0 Å². The summed E-state index contributed by atoms with van der Waals surface area (Å²) in [7, 11) is 0. The van der Waals surface area contributed by atoms with Crippen molar-refractivity contribution in [3.8, 4) is 0 Å². The molecule has 0 saturated heterocycles. The summed E-state index contributed by atoms with van der Waals surface area (Å²) in [5.41, 5.74) is 6.92. The molecule has 0 unspecified atom stereocenters. The minimum absolute atomic E-state index is 0.698. The van der Waals surface area contributed by atoms with Crippen LogP contribution in [-0.4, -0.2) is 19.1 Å². The van der Waals surface area contributed by atoms with Crippen molar-refractivity contribution in [2.45, 2.75) is 24.8 Å². The van der Waals surface area contributed by atoms with Gasteiger partial charge in [0.15, 0.2) is 0 Å². The van der Waals surface area contributed by atoms with Gasteiger partial charge in [0.05, 0.1) is 0 Å². The third kappa shape index (κ3) is 2.14. The first kappa shape index (κ1) is 9.69. The molecule has 0 aromatic heterocycles. The summed E-state index contributed by atoms with van der Waals surface area (Å²) in [5.74, 6) is 0.770. The Morgan fingerprint density at radius 3 is 2.57 bits per heavy atom. The Morgan fingerprint density at radius 1 is 1.21 bits per heavy atom. The van der Waals surface area contributed by atoms with Gasteiger partial charge in [-0.15, -0.1) is 0 Å². The summed E-state index contributed by atoms with van der Waals surface area (Å²) in [5, 5.41) is 3.44. The van der Waals surface area contributed by atoms with Gasteiger partial charge in [0.1, 0.15) is 0 Å². The van der Waals surface area contributed by atoms with E-state index in [1.54, 1.807) is 0 Å². The molecular weight excluding hydrogens is 172 g/mol. The van der Waals surface area contributed by atoms with E-state index >= 15 is 0 Å². The van der Waals surface area contributed by atoms with Crippen LogP contribution in [0, 0.1) is 0 Å². The van der Waals surface area contributed by atoms with Gasteiger partial charge in [-0.3, -0.25) is 0 Å². The maximum atomic E-state index is 5.44. The highest BCUT2D eigenvalue weighted by atomic mass is 14.9. The zero-order valence-electron chi connectivity index (χ0n) is 8.45. The van der Waals surface area contributed by atoms with Crippen LogP contribution in [0.15, 0.2) is 30.3 Å². The maximum absolute atomic E-state index is 5.44. The molecule has 1 aromatic carbocycles. The molecule has 1 aromatic rings. The third-order valence-electron chi connectivity index (χ3n) is 2.99. The van der Waals surface area contributed by atoms with Crippen molar-refractivity contribution < 1.29 is 0 Å². The first-order valence-corrected chi connectivity index (χ1v) is 5.38. The predicted octanol–water partition coefficient (Wildman–Crippen LogP) is 1.48. The van der Waals surface area contributed by atoms with Gasteiger partial charge in [-0.1, -0.05) is 30.3 Å². The fourth-order valence-electron chi connectivity index (χ4n) is 2.07. The van der Waals surface area contributed by atoms with Crippen molar-refractivity contribution in [2.75, 3.05) is 13.1 Å². The van der Waals surface area contributed by atoms with Gasteiger partial charge < -0.3 is 11.1 Å². The summed E-state index contributed by atoms with van der Waals surface area (Å²) >= 11 is 0. The Morgan fingerprint density at radius 2 is 1.93 bits per heavy atom. The quantitative estimate of drug-likeness (QED) is 0.754. The molecule has 2 nitrogen and oxygen atoms in total. The van der Waals surface area contributed by atoms with Crippen molar-refractivity contribution in [1.29, 1.82) is 0 Å². The zero-order chi connectivity index (χ0) is 9.80. The second-order valence-electron chi connectivity index (χ2n) is 4.02. The molecule has 0 radical (unpaired) electrons. The van der Waals surface area contributed by atoms with Gasteiger partial charge in [-0.05, 0) is 24.3 Å². The largest absolute Gasteiger partial charge is 0.329 e. The van der Waals surface area contributed by atoms with Gasteiger partial charge in [0.2, 0.25) is 0 Å². The van der Waals surface area contributed by atoms with Gasteiger partial charge in [-0.25, -0.2) is 0 Å². The van der Waals surface area contributed by atoms with Gasteiger partial charge >= 0.3 is 0 Å². The highest BCUT2D eigenvalue weighted by Gasteiger charge is 2.29. The predicted molar refractivity (Wildman–Crippen MR) is 59.3 cm³/mol. The fraction of sp³-hybridized carbons (Fsp3) is 0.500. The normalized spacial score (nSPS) is 25.8. The van der Waals surface area contributed by atoms with E-state index in [0.717, 1.165) is 19.0 Å². The smallest absolute Gasteiger partial charge is 0.00792 e. The molecule has 1 aliphatic carbocycles. The van der Waals surface area contributed by atoms with Crippen LogP contribution in [0.5, 0.6) is 0 Å². The topological polar surface area (TPSA) is 38.0 Å². The first-order valence-electron chi connectivity index (χ1n) is 5.38. The SMILES string of the molecule is NCCNC1CC(c2ccccc2)C1. The molecule has 1 fully saturated rings. The van der Waals surface area contributed by atoms with Crippen molar-refractivity contribution >= 4 is 0 Å². The second kappa shape index (κ2) is 4.58. The average molecular weight is 190 g/mol. The number of nitrogens with one attached hydrogen (secondary N) is 1. The monoisotopic (exact) mass is 190 g/mol. The number of rotatable bonds is 4. The summed E-state index contributed by atoms with van der Waals surface area (Å²) < 4.78 is 0. The first-order chi connectivity index (χ1) is 6.90. The van der Waals surface area contributed by atoms with Crippen molar-refractivity contribution in [3.05, 3.63) is 35.9 Å². The molecule has 0 aliphatic heterocycles. The van der Waals surface area contributed by atoms with E-state index in [1.165, 1.54) is 18.4 Å². The lowest BCUT2D eigenvalue weighted by Crippen LogP contribution is -2.42. The van der Waals surface area contributed by atoms with Crippen molar-refractivity contribution in [3.63, 3.8) is 0 Å². The van der Waals surface area contributed by atoms with Gasteiger partial charge in [0, 0.05) is 19.1 Å². The Kier molecular flexibility index (Phi) is 3.17. The molecule has 0 amide bonds. The van der Waals surface area contributed by atoms with E-state index in [-0.39, 0.29) is 0 Å². The molecule has 2 rings (SSSR count). The summed E-state index contributed by atoms with van der Waals surface area (Å²) in [6, 6.07) is 11.5. The molecule has 0 spiro atoms. The van der Waals surface area contributed by atoms with Crippen LogP contribution in [0.3, 0.4) is 0 Å². The van der Waals surface area contributed by atoms with Gasteiger partial charge in [-0.2, -0.15) is 0 Å². The fourth-order valence-corrected chi connectivity index (χ4v) is 2.07. The average Bonchev–Trinajstić information content (AvgIpc) is 2.17. The maximum Gasteiger partial charge on any atom is 0.00792 e.